The van der Waals surface area contributed by atoms with E-state index < -0.39 is 0 Å². The normalized spacial score (nSPS) is 8.88. The first-order valence-corrected chi connectivity index (χ1v) is 4.90. The molecule has 1 aromatic heterocycles. The summed E-state index contributed by atoms with van der Waals surface area (Å²) in [7, 11) is 0. The second-order valence-corrected chi connectivity index (χ2v) is 2.82. The van der Waals surface area contributed by atoms with Gasteiger partial charge in [-0.15, -0.1) is 5.26 Å². The lowest BCUT2D eigenvalue weighted by molar-refractivity contribution is 0.432. The fourth-order valence-electron chi connectivity index (χ4n) is 0.961. The van der Waals surface area contributed by atoms with Gasteiger partial charge in [0.1, 0.15) is 6.26 Å². The van der Waals surface area contributed by atoms with Gasteiger partial charge in [-0.05, 0) is 11.6 Å². The van der Waals surface area contributed by atoms with E-state index in [2.05, 4.69) is 14.7 Å². The number of ether oxygens (including phenoxy) is 1. The van der Waals surface area contributed by atoms with Gasteiger partial charge in [0.2, 0.25) is 0 Å². The molecule has 0 fully saturated rings. The van der Waals surface area contributed by atoms with E-state index >= 15 is 0 Å². The van der Waals surface area contributed by atoms with Gasteiger partial charge in [0.05, 0.1) is 0 Å². The molecule has 4 nitrogen and oxygen atoms in total. The summed E-state index contributed by atoms with van der Waals surface area (Å²) in [6.07, 6.45) is 11.2. The molecule has 0 N–H and O–H groups in total. The molecule has 0 aliphatic rings. The van der Waals surface area contributed by atoms with Gasteiger partial charge in [-0.1, -0.05) is 30.3 Å². The molecule has 84 valence electrons. The highest BCUT2D eigenvalue weighted by Crippen LogP contribution is 2.00. The lowest BCUT2D eigenvalue weighted by Gasteiger charge is -1.88. The van der Waals surface area contributed by atoms with Crippen molar-refractivity contribution in [1.82, 2.24) is 9.97 Å². The Hall–Kier alpha value is -2.67. The van der Waals surface area contributed by atoms with Gasteiger partial charge in [-0.25, -0.2) is 0 Å². The van der Waals surface area contributed by atoms with Crippen LogP contribution < -0.4 is 0 Å². The summed E-state index contributed by atoms with van der Waals surface area (Å²) in [6, 6.07) is 9.63. The van der Waals surface area contributed by atoms with Gasteiger partial charge >= 0.3 is 0 Å². The van der Waals surface area contributed by atoms with E-state index in [0.717, 1.165) is 5.56 Å². The zero-order chi connectivity index (χ0) is 12.2. The summed E-state index contributed by atoms with van der Waals surface area (Å²) in [6.45, 7) is 0. The average Bonchev–Trinajstić information content (AvgIpc) is 2.43. The highest BCUT2D eigenvalue weighted by molar-refractivity contribution is 5.47. The van der Waals surface area contributed by atoms with Crippen molar-refractivity contribution in [1.29, 1.82) is 5.26 Å². The lowest BCUT2D eigenvalue weighted by Crippen LogP contribution is -1.69. The van der Waals surface area contributed by atoms with Crippen LogP contribution in [0.2, 0.25) is 0 Å². The van der Waals surface area contributed by atoms with Gasteiger partial charge in [-0.2, -0.15) is 0 Å². The molecule has 0 radical (unpaired) electrons. The van der Waals surface area contributed by atoms with Crippen LogP contribution in [0.4, 0.5) is 0 Å². The van der Waals surface area contributed by atoms with Crippen LogP contribution in [0.3, 0.4) is 0 Å². The van der Waals surface area contributed by atoms with Crippen LogP contribution in [0.15, 0.2) is 61.4 Å². The Morgan fingerprint density at radius 2 is 1.59 bits per heavy atom. The average molecular weight is 225 g/mol. The first kappa shape index (κ1) is 12.4. The Morgan fingerprint density at radius 1 is 1.00 bits per heavy atom. The Bertz CT molecular complexity index is 436. The topological polar surface area (TPSA) is 58.8 Å². The maximum Gasteiger partial charge on any atom is 0.291 e. The zero-order valence-electron chi connectivity index (χ0n) is 9.10. The van der Waals surface area contributed by atoms with Crippen molar-refractivity contribution in [2.75, 3.05) is 0 Å². The number of nitrogens with zero attached hydrogens (tertiary/aromatic N) is 3. The van der Waals surface area contributed by atoms with Crippen LogP contribution in [0.5, 0.6) is 0 Å². The Labute approximate surface area is 99.8 Å². The number of nitriles is 1. The van der Waals surface area contributed by atoms with E-state index in [4.69, 9.17) is 5.26 Å². The van der Waals surface area contributed by atoms with E-state index in [1.54, 1.807) is 37.1 Å². The highest BCUT2D eigenvalue weighted by atomic mass is 16.5. The maximum absolute atomic E-state index is 8.02. The predicted molar refractivity (Wildman–Crippen MR) is 64.2 cm³/mol. The minimum Gasteiger partial charge on any atom is -0.396 e. The molecule has 0 bridgehead atoms. The molecule has 0 saturated carbocycles. The molecule has 4 heteroatoms. The van der Waals surface area contributed by atoms with E-state index in [1.165, 1.54) is 6.26 Å². The standard InChI is InChI=1S/C9H7NO.C4H4N2/c10-8-11-7-6-9-4-2-1-3-5-9;1-2-6-4-3-5-1/h1-7H;1-4H/b7-6+;. The van der Waals surface area contributed by atoms with Gasteiger partial charge in [0.25, 0.3) is 6.26 Å². The van der Waals surface area contributed by atoms with Gasteiger partial charge in [-0.3, -0.25) is 9.97 Å². The third kappa shape index (κ3) is 6.42. The molecule has 0 atom stereocenters. The van der Waals surface area contributed by atoms with E-state index in [1.807, 2.05) is 30.3 Å². The molecule has 2 aromatic rings. The van der Waals surface area contributed by atoms with Crippen LogP contribution >= 0.6 is 0 Å². The molecule has 0 spiro atoms. The van der Waals surface area contributed by atoms with Crippen molar-refractivity contribution in [2.45, 2.75) is 0 Å². The van der Waals surface area contributed by atoms with Crippen molar-refractivity contribution < 1.29 is 4.74 Å². The minimum atomic E-state index is 1.02. The van der Waals surface area contributed by atoms with Gasteiger partial charge in [0, 0.05) is 24.8 Å². The molecule has 0 saturated heterocycles. The van der Waals surface area contributed by atoms with Crippen molar-refractivity contribution >= 4 is 6.08 Å². The Balaban J connectivity index is 0.000000202. The molecule has 0 amide bonds. The zero-order valence-corrected chi connectivity index (χ0v) is 9.10. The highest BCUT2D eigenvalue weighted by Gasteiger charge is 1.80. The van der Waals surface area contributed by atoms with Crippen molar-refractivity contribution in [3.05, 3.63) is 66.9 Å². The smallest absolute Gasteiger partial charge is 0.291 e. The van der Waals surface area contributed by atoms with Crippen LogP contribution in [0.1, 0.15) is 5.56 Å². The molecule has 0 unspecified atom stereocenters. The monoisotopic (exact) mass is 225 g/mol. The van der Waals surface area contributed by atoms with Crippen molar-refractivity contribution in [2.24, 2.45) is 0 Å². The Kier molecular flexibility index (Phi) is 6.29. The van der Waals surface area contributed by atoms with Gasteiger partial charge in [0.15, 0.2) is 0 Å². The van der Waals surface area contributed by atoms with Crippen molar-refractivity contribution in [3.8, 4) is 6.26 Å². The first-order valence-electron chi connectivity index (χ1n) is 4.90. The molecular weight excluding hydrogens is 214 g/mol. The molecule has 17 heavy (non-hydrogen) atoms. The quantitative estimate of drug-likeness (QED) is 0.582. The fourth-order valence-corrected chi connectivity index (χ4v) is 0.961. The maximum atomic E-state index is 8.02. The van der Waals surface area contributed by atoms with Crippen LogP contribution in [0, 0.1) is 11.5 Å². The van der Waals surface area contributed by atoms with E-state index in [0.29, 0.717) is 0 Å². The van der Waals surface area contributed by atoms with Crippen LogP contribution in [-0.2, 0) is 4.74 Å². The van der Waals surface area contributed by atoms with E-state index in [-0.39, 0.29) is 0 Å². The molecule has 0 aliphatic carbocycles. The summed E-state index contributed by atoms with van der Waals surface area (Å²) < 4.78 is 4.36. The third-order valence-corrected chi connectivity index (χ3v) is 1.66. The summed E-state index contributed by atoms with van der Waals surface area (Å²) in [4.78, 5) is 7.44. The fraction of sp³-hybridized carbons (Fsp3) is 0. The summed E-state index contributed by atoms with van der Waals surface area (Å²) in [5.41, 5.74) is 1.02. The third-order valence-electron chi connectivity index (χ3n) is 1.66. The largest absolute Gasteiger partial charge is 0.396 e. The molecule has 2 rings (SSSR count). The molecular formula is C13H11N3O. The number of aromatic nitrogens is 2. The first-order chi connectivity index (χ1) is 8.43. The van der Waals surface area contributed by atoms with E-state index in [9.17, 15) is 0 Å². The predicted octanol–water partition coefficient (Wildman–Crippen LogP) is 2.63. The number of benzene rings is 1. The SMILES string of the molecule is N#CO/C=C/c1ccccc1.c1cnccn1. The van der Waals surface area contributed by atoms with Crippen LogP contribution in [-0.4, -0.2) is 9.97 Å². The second kappa shape index (κ2) is 8.62. The van der Waals surface area contributed by atoms with Crippen molar-refractivity contribution in [3.63, 3.8) is 0 Å². The molecule has 1 aromatic carbocycles. The second-order valence-electron chi connectivity index (χ2n) is 2.82. The minimum absolute atomic E-state index is 1.02. The lowest BCUT2D eigenvalue weighted by atomic mass is 10.2. The van der Waals surface area contributed by atoms with Crippen LogP contribution in [0.25, 0.3) is 6.08 Å². The molecule has 1 heterocycles. The summed E-state index contributed by atoms with van der Waals surface area (Å²) in [5.74, 6) is 0. The van der Waals surface area contributed by atoms with Gasteiger partial charge < -0.3 is 4.74 Å². The molecule has 0 aliphatic heterocycles. The summed E-state index contributed by atoms with van der Waals surface area (Å²) >= 11 is 0. The number of hydrogen-bond acceptors (Lipinski definition) is 4. The summed E-state index contributed by atoms with van der Waals surface area (Å²) in [5, 5.41) is 8.02. The number of hydrogen-bond donors (Lipinski definition) is 0. The Morgan fingerprint density at radius 3 is 2.06 bits per heavy atom. The number of rotatable bonds is 2.